The van der Waals surface area contributed by atoms with E-state index in [1.165, 1.54) is 12.0 Å². The van der Waals surface area contributed by atoms with Crippen molar-refractivity contribution in [1.29, 1.82) is 0 Å². The largest absolute Gasteiger partial charge is 0.451 e. The molecule has 17 heavy (non-hydrogen) atoms. The summed E-state index contributed by atoms with van der Waals surface area (Å²) in [6.45, 7) is 4.35. The third kappa shape index (κ3) is 1.71. The lowest BCUT2D eigenvalue weighted by Gasteiger charge is -2.03. The molecule has 1 aromatic carbocycles. The number of fused-ring (bicyclic) bond motifs is 1. The van der Waals surface area contributed by atoms with E-state index >= 15 is 0 Å². The van der Waals surface area contributed by atoms with Crippen LogP contribution in [-0.4, -0.2) is 15.0 Å². The van der Waals surface area contributed by atoms with E-state index in [4.69, 9.17) is 4.42 Å². The first-order chi connectivity index (χ1) is 8.24. The Morgan fingerprint density at radius 1 is 1.29 bits per heavy atom. The number of nitrogens with zero attached hydrogens (tertiary/aromatic N) is 2. The summed E-state index contributed by atoms with van der Waals surface area (Å²) in [6, 6.07) is 6.28. The molecule has 2 aromatic heterocycles. The normalized spacial score (nSPS) is 11.5. The van der Waals surface area contributed by atoms with E-state index in [1.807, 2.05) is 6.07 Å². The van der Waals surface area contributed by atoms with Gasteiger partial charge in [0.25, 0.3) is 0 Å². The molecule has 0 bridgehead atoms. The summed E-state index contributed by atoms with van der Waals surface area (Å²) < 4.78 is 4.96. The molecule has 0 atom stereocenters. The molecule has 0 radical (unpaired) electrons. The quantitative estimate of drug-likeness (QED) is 0.730. The van der Waals surface area contributed by atoms with Gasteiger partial charge in [0.2, 0.25) is 0 Å². The van der Waals surface area contributed by atoms with Crippen molar-refractivity contribution in [1.82, 2.24) is 15.0 Å². The first-order valence-electron chi connectivity index (χ1n) is 5.62. The Labute approximate surface area is 98.7 Å². The van der Waals surface area contributed by atoms with E-state index in [2.05, 4.69) is 40.9 Å². The summed E-state index contributed by atoms with van der Waals surface area (Å²) in [5.74, 6) is 1.26. The second kappa shape index (κ2) is 3.73. The fourth-order valence-electron chi connectivity index (χ4n) is 1.84. The molecular weight excluding hydrogens is 214 g/mol. The fraction of sp³-hybridized carbons (Fsp3) is 0.231. The zero-order chi connectivity index (χ0) is 11.8. The Kier molecular flexibility index (Phi) is 2.21. The molecule has 4 nitrogen and oxygen atoms in total. The summed E-state index contributed by atoms with van der Waals surface area (Å²) in [4.78, 5) is 11.8. The standard InChI is InChI=1S/C13H13N3O/c1-8(2)9-3-4-10-11(5-9)16-13(15-10)12-6-17-7-14-12/h3-8H,1-2H3,(H,15,16). The van der Waals surface area contributed by atoms with Crippen molar-refractivity contribution in [3.63, 3.8) is 0 Å². The maximum atomic E-state index is 4.96. The average Bonchev–Trinajstić information content (AvgIpc) is 2.96. The predicted octanol–water partition coefficient (Wildman–Crippen LogP) is 3.34. The first-order valence-corrected chi connectivity index (χ1v) is 5.62. The van der Waals surface area contributed by atoms with Gasteiger partial charge in [0, 0.05) is 0 Å². The van der Waals surface area contributed by atoms with Gasteiger partial charge in [-0.3, -0.25) is 0 Å². The van der Waals surface area contributed by atoms with Gasteiger partial charge in [-0.1, -0.05) is 19.9 Å². The van der Waals surface area contributed by atoms with Gasteiger partial charge in [-0.15, -0.1) is 0 Å². The van der Waals surface area contributed by atoms with Crippen molar-refractivity contribution in [3.05, 3.63) is 36.4 Å². The number of hydrogen-bond acceptors (Lipinski definition) is 3. The van der Waals surface area contributed by atoms with Crippen molar-refractivity contribution in [2.75, 3.05) is 0 Å². The maximum absolute atomic E-state index is 4.96. The zero-order valence-electron chi connectivity index (χ0n) is 9.77. The number of imidazole rings is 1. The van der Waals surface area contributed by atoms with Gasteiger partial charge < -0.3 is 9.40 Å². The molecule has 0 unspecified atom stereocenters. The van der Waals surface area contributed by atoms with Gasteiger partial charge in [-0.2, -0.15) is 0 Å². The number of H-pyrrole nitrogens is 1. The third-order valence-corrected chi connectivity index (χ3v) is 2.85. The number of nitrogens with one attached hydrogen (secondary N) is 1. The third-order valence-electron chi connectivity index (χ3n) is 2.85. The van der Waals surface area contributed by atoms with Gasteiger partial charge in [0.1, 0.15) is 12.0 Å². The lowest BCUT2D eigenvalue weighted by atomic mass is 10.0. The number of benzene rings is 1. The van der Waals surface area contributed by atoms with Crippen LogP contribution in [0, 0.1) is 0 Å². The zero-order valence-corrected chi connectivity index (χ0v) is 9.77. The molecule has 0 saturated heterocycles. The second-order valence-electron chi connectivity index (χ2n) is 4.39. The molecule has 0 amide bonds. The molecule has 1 N–H and O–H groups in total. The van der Waals surface area contributed by atoms with E-state index in [9.17, 15) is 0 Å². The van der Waals surface area contributed by atoms with Crippen LogP contribution in [0.2, 0.25) is 0 Å². The minimum Gasteiger partial charge on any atom is -0.451 e. The molecule has 0 saturated carbocycles. The van der Waals surface area contributed by atoms with Crippen LogP contribution in [0.1, 0.15) is 25.3 Å². The van der Waals surface area contributed by atoms with Gasteiger partial charge in [-0.05, 0) is 23.6 Å². The average molecular weight is 227 g/mol. The summed E-state index contributed by atoms with van der Waals surface area (Å²) in [5, 5.41) is 0. The summed E-state index contributed by atoms with van der Waals surface area (Å²) >= 11 is 0. The Balaban J connectivity index is 2.13. The topological polar surface area (TPSA) is 54.7 Å². The van der Waals surface area contributed by atoms with Gasteiger partial charge in [0.05, 0.1) is 11.0 Å². The minimum absolute atomic E-state index is 0.512. The first kappa shape index (κ1) is 10.1. The van der Waals surface area contributed by atoms with Crippen LogP contribution >= 0.6 is 0 Å². The van der Waals surface area contributed by atoms with Gasteiger partial charge in [0.15, 0.2) is 12.2 Å². The Morgan fingerprint density at radius 2 is 2.18 bits per heavy atom. The van der Waals surface area contributed by atoms with E-state index < -0.39 is 0 Å². The van der Waals surface area contributed by atoms with Gasteiger partial charge in [-0.25, -0.2) is 9.97 Å². The molecule has 0 aliphatic carbocycles. The summed E-state index contributed by atoms with van der Waals surface area (Å²) in [5.41, 5.74) is 4.02. The molecule has 0 aliphatic heterocycles. The number of aromatic nitrogens is 3. The molecule has 2 heterocycles. The molecule has 0 aliphatic rings. The van der Waals surface area contributed by atoms with E-state index in [0.29, 0.717) is 5.92 Å². The SMILES string of the molecule is CC(C)c1ccc2nc(-c3cocn3)[nH]c2c1. The Hall–Kier alpha value is -2.10. The van der Waals surface area contributed by atoms with Crippen molar-refractivity contribution >= 4 is 11.0 Å². The van der Waals surface area contributed by atoms with Gasteiger partial charge >= 0.3 is 0 Å². The molecule has 3 aromatic rings. The van der Waals surface area contributed by atoms with Crippen LogP contribution in [0.15, 0.2) is 35.3 Å². The lowest BCUT2D eigenvalue weighted by Crippen LogP contribution is -1.85. The van der Waals surface area contributed by atoms with Crippen molar-refractivity contribution in [2.24, 2.45) is 0 Å². The number of oxazole rings is 1. The highest BCUT2D eigenvalue weighted by Gasteiger charge is 2.08. The Bertz CT molecular complexity index is 638. The molecule has 86 valence electrons. The monoisotopic (exact) mass is 227 g/mol. The number of rotatable bonds is 2. The number of aromatic amines is 1. The summed E-state index contributed by atoms with van der Waals surface area (Å²) in [6.07, 6.45) is 2.99. The molecule has 3 rings (SSSR count). The van der Waals surface area contributed by atoms with E-state index in [-0.39, 0.29) is 0 Å². The van der Waals surface area contributed by atoms with Crippen molar-refractivity contribution in [3.8, 4) is 11.5 Å². The molecule has 4 heteroatoms. The molecule has 0 spiro atoms. The maximum Gasteiger partial charge on any atom is 0.181 e. The van der Waals surface area contributed by atoms with Crippen LogP contribution in [0.5, 0.6) is 0 Å². The van der Waals surface area contributed by atoms with Crippen molar-refractivity contribution < 1.29 is 4.42 Å². The van der Waals surface area contributed by atoms with E-state index in [0.717, 1.165) is 22.6 Å². The highest BCUT2D eigenvalue weighted by atomic mass is 16.3. The van der Waals surface area contributed by atoms with Crippen LogP contribution in [0.4, 0.5) is 0 Å². The fourth-order valence-corrected chi connectivity index (χ4v) is 1.84. The second-order valence-corrected chi connectivity index (χ2v) is 4.39. The van der Waals surface area contributed by atoms with E-state index in [1.54, 1.807) is 6.26 Å². The van der Waals surface area contributed by atoms with Crippen LogP contribution in [-0.2, 0) is 0 Å². The summed E-state index contributed by atoms with van der Waals surface area (Å²) in [7, 11) is 0. The van der Waals surface area contributed by atoms with Crippen LogP contribution in [0.3, 0.4) is 0 Å². The van der Waals surface area contributed by atoms with Crippen LogP contribution in [0.25, 0.3) is 22.6 Å². The van der Waals surface area contributed by atoms with Crippen molar-refractivity contribution in [2.45, 2.75) is 19.8 Å². The molecular formula is C13H13N3O. The van der Waals surface area contributed by atoms with Crippen LogP contribution < -0.4 is 0 Å². The lowest BCUT2D eigenvalue weighted by molar-refractivity contribution is 0.558. The minimum atomic E-state index is 0.512. The smallest absolute Gasteiger partial charge is 0.181 e. The highest BCUT2D eigenvalue weighted by Crippen LogP contribution is 2.22. The Morgan fingerprint density at radius 3 is 2.88 bits per heavy atom. The number of hydrogen-bond donors (Lipinski definition) is 1. The predicted molar refractivity (Wildman–Crippen MR) is 65.7 cm³/mol. The molecule has 0 fully saturated rings. The highest BCUT2D eigenvalue weighted by molar-refractivity contribution is 5.79.